The fourth-order valence-corrected chi connectivity index (χ4v) is 4.54. The maximum absolute atomic E-state index is 9.46. The molecule has 0 aliphatic heterocycles. The first-order chi connectivity index (χ1) is 15.0. The van der Waals surface area contributed by atoms with E-state index in [1.165, 1.54) is 0 Å². The van der Waals surface area contributed by atoms with Crippen LogP contribution in [0, 0.1) is 0 Å². The Morgan fingerprint density at radius 2 is 1.75 bits per heavy atom. The van der Waals surface area contributed by atoms with E-state index in [4.69, 9.17) is 22.1 Å². The molecule has 32 heavy (non-hydrogen) atoms. The van der Waals surface area contributed by atoms with E-state index in [0.29, 0.717) is 6.61 Å². The lowest BCUT2D eigenvalue weighted by Gasteiger charge is -2.25. The van der Waals surface area contributed by atoms with Crippen LogP contribution in [0.4, 0.5) is 0 Å². The van der Waals surface area contributed by atoms with Gasteiger partial charge in [0.05, 0.1) is 6.61 Å². The molecule has 0 fully saturated rings. The van der Waals surface area contributed by atoms with Gasteiger partial charge in [0.2, 0.25) is 0 Å². The third-order valence-corrected chi connectivity index (χ3v) is 6.78. The molecule has 0 spiro atoms. The van der Waals surface area contributed by atoms with E-state index < -0.39 is 5.54 Å². The van der Waals surface area contributed by atoms with Crippen molar-refractivity contribution in [3.05, 3.63) is 88.9 Å². The number of benzene rings is 3. The van der Waals surface area contributed by atoms with Crippen LogP contribution in [0.15, 0.2) is 82.6 Å². The van der Waals surface area contributed by atoms with Crippen LogP contribution in [0.5, 0.6) is 5.75 Å². The summed E-state index contributed by atoms with van der Waals surface area (Å²) < 4.78 is 5.94. The Morgan fingerprint density at radius 1 is 1.00 bits per heavy atom. The van der Waals surface area contributed by atoms with Crippen molar-refractivity contribution < 1.29 is 9.84 Å². The number of hydrogen-bond donors (Lipinski definition) is 2. The minimum Gasteiger partial charge on any atom is -0.489 e. The number of aliphatic hydroxyl groups excluding tert-OH is 1. The molecule has 0 bridgehead atoms. The van der Waals surface area contributed by atoms with Crippen LogP contribution in [0.25, 0.3) is 0 Å². The highest BCUT2D eigenvalue weighted by atomic mass is 35.5. The minimum absolute atomic E-state index is 0. The molecule has 0 saturated carbocycles. The monoisotopic (exact) mass is 491 g/mol. The normalized spacial score (nSPS) is 12.6. The average Bonchev–Trinajstić information content (AvgIpc) is 2.80. The highest BCUT2D eigenvalue weighted by Gasteiger charge is 2.20. The van der Waals surface area contributed by atoms with Gasteiger partial charge in [-0.1, -0.05) is 72.8 Å². The Morgan fingerprint density at radius 3 is 2.44 bits per heavy atom. The summed E-state index contributed by atoms with van der Waals surface area (Å²) in [5, 5.41) is 10.2. The maximum Gasteiger partial charge on any atom is 0.120 e. The van der Waals surface area contributed by atoms with E-state index in [9.17, 15) is 5.11 Å². The van der Waals surface area contributed by atoms with Crippen molar-refractivity contribution in [2.24, 2.45) is 5.73 Å². The fourth-order valence-electron chi connectivity index (χ4n) is 3.30. The number of rotatable bonds is 11. The third kappa shape index (κ3) is 8.02. The lowest BCUT2D eigenvalue weighted by Crippen LogP contribution is -2.42. The molecule has 3 rings (SSSR count). The molecule has 0 aliphatic carbocycles. The van der Waals surface area contributed by atoms with Gasteiger partial charge in [-0.25, -0.2) is 0 Å². The second-order valence-electron chi connectivity index (χ2n) is 7.83. The van der Waals surface area contributed by atoms with Gasteiger partial charge in [-0.15, -0.1) is 12.4 Å². The lowest BCUT2D eigenvalue weighted by molar-refractivity contribution is 0.180. The summed E-state index contributed by atoms with van der Waals surface area (Å²) >= 11 is 8.21. The van der Waals surface area contributed by atoms with Crippen LogP contribution in [0.2, 0.25) is 5.02 Å². The van der Waals surface area contributed by atoms with Gasteiger partial charge >= 0.3 is 0 Å². The van der Waals surface area contributed by atoms with Crippen LogP contribution in [0.3, 0.4) is 0 Å². The Labute approximate surface area is 206 Å². The van der Waals surface area contributed by atoms with Crippen LogP contribution in [-0.2, 0) is 13.0 Å². The van der Waals surface area contributed by atoms with Crippen molar-refractivity contribution >= 4 is 35.8 Å². The van der Waals surface area contributed by atoms with Crippen LogP contribution < -0.4 is 10.5 Å². The summed E-state index contributed by atoms with van der Waals surface area (Å²) in [5.74, 6) is 0.849. The van der Waals surface area contributed by atoms with Gasteiger partial charge in [0, 0.05) is 20.4 Å². The molecule has 0 heterocycles. The van der Waals surface area contributed by atoms with Crippen LogP contribution in [-0.4, -0.2) is 17.3 Å². The Kier molecular flexibility index (Phi) is 10.9. The first-order valence-corrected chi connectivity index (χ1v) is 11.8. The summed E-state index contributed by atoms with van der Waals surface area (Å²) in [6, 6.07) is 24.5. The molecular formula is C26H31Cl2NO2S. The van der Waals surface area contributed by atoms with E-state index >= 15 is 0 Å². The van der Waals surface area contributed by atoms with E-state index in [0.717, 1.165) is 57.4 Å². The molecule has 1 atom stereocenters. The second kappa shape index (κ2) is 13.1. The van der Waals surface area contributed by atoms with Crippen molar-refractivity contribution in [1.82, 2.24) is 0 Å². The summed E-state index contributed by atoms with van der Waals surface area (Å²) in [4.78, 5) is 2.19. The SMILES string of the molecule is CCC(N)(CO)CCCc1ccc(Sc2cccc(OCc3ccccc3)c2)cc1Cl.Cl. The van der Waals surface area contributed by atoms with Crippen LogP contribution in [0.1, 0.15) is 37.3 Å². The molecule has 0 radical (unpaired) electrons. The number of ether oxygens (including phenoxy) is 1. The predicted molar refractivity (Wildman–Crippen MR) is 137 cm³/mol. The minimum atomic E-state index is -0.490. The van der Waals surface area contributed by atoms with Crippen molar-refractivity contribution in [1.29, 1.82) is 0 Å². The zero-order valence-electron chi connectivity index (χ0n) is 18.3. The summed E-state index contributed by atoms with van der Waals surface area (Å²) in [6.45, 7) is 2.58. The second-order valence-corrected chi connectivity index (χ2v) is 9.39. The first-order valence-electron chi connectivity index (χ1n) is 10.6. The highest BCUT2D eigenvalue weighted by molar-refractivity contribution is 7.99. The molecule has 0 amide bonds. The van der Waals surface area contributed by atoms with Crippen molar-refractivity contribution in [2.75, 3.05) is 6.61 Å². The topological polar surface area (TPSA) is 55.5 Å². The van der Waals surface area contributed by atoms with Crippen molar-refractivity contribution in [3.8, 4) is 5.75 Å². The largest absolute Gasteiger partial charge is 0.489 e. The van der Waals surface area contributed by atoms with Gasteiger partial charge in [0.1, 0.15) is 12.4 Å². The molecule has 3 aromatic rings. The molecule has 3 N–H and O–H groups in total. The maximum atomic E-state index is 9.46. The highest BCUT2D eigenvalue weighted by Crippen LogP contribution is 2.33. The Balaban J connectivity index is 0.00000363. The van der Waals surface area contributed by atoms with E-state index in [2.05, 4.69) is 36.4 Å². The first kappa shape index (κ1) is 26.6. The zero-order chi connectivity index (χ0) is 22.1. The number of nitrogens with two attached hydrogens (primary N) is 1. The average molecular weight is 493 g/mol. The molecule has 3 aromatic carbocycles. The standard InChI is InChI=1S/C26H30ClNO2S.ClH/c1-2-26(28,19-29)15-7-10-21-13-14-24(17-25(21)27)31-23-12-6-11-22(16-23)30-18-20-8-4-3-5-9-20;/h3-6,8-9,11-14,16-17,29H,2,7,10,15,18-19,28H2,1H3;1H. The number of hydrogen-bond acceptors (Lipinski definition) is 4. The van der Waals surface area contributed by atoms with Gasteiger partial charge in [-0.05, 0) is 67.1 Å². The summed E-state index contributed by atoms with van der Waals surface area (Å²) in [5.41, 5.74) is 7.95. The smallest absolute Gasteiger partial charge is 0.120 e. The number of aliphatic hydroxyl groups is 1. The van der Waals surface area contributed by atoms with Gasteiger partial charge in [-0.2, -0.15) is 0 Å². The van der Waals surface area contributed by atoms with Gasteiger partial charge in [-0.3, -0.25) is 0 Å². The third-order valence-electron chi connectivity index (χ3n) is 5.45. The molecule has 172 valence electrons. The van der Waals surface area contributed by atoms with Gasteiger partial charge in [0.25, 0.3) is 0 Å². The molecule has 0 saturated heterocycles. The van der Waals surface area contributed by atoms with Gasteiger partial charge < -0.3 is 15.6 Å². The Hall–Kier alpha value is -1.69. The van der Waals surface area contributed by atoms with Crippen LogP contribution >= 0.6 is 35.8 Å². The molecular weight excluding hydrogens is 461 g/mol. The molecule has 3 nitrogen and oxygen atoms in total. The summed E-state index contributed by atoms with van der Waals surface area (Å²) in [6.07, 6.45) is 3.30. The number of halogens is 2. The van der Waals surface area contributed by atoms with E-state index in [1.807, 2.05) is 43.3 Å². The van der Waals surface area contributed by atoms with Gasteiger partial charge in [0.15, 0.2) is 0 Å². The summed E-state index contributed by atoms with van der Waals surface area (Å²) in [7, 11) is 0. The Bertz CT molecular complexity index is 965. The molecule has 6 heteroatoms. The van der Waals surface area contributed by atoms with E-state index in [1.54, 1.807) is 11.8 Å². The lowest BCUT2D eigenvalue weighted by atomic mass is 9.91. The zero-order valence-corrected chi connectivity index (χ0v) is 20.7. The molecule has 0 aromatic heterocycles. The van der Waals surface area contributed by atoms with Crippen molar-refractivity contribution in [2.45, 2.75) is 54.5 Å². The molecule has 1 unspecified atom stereocenters. The number of aryl methyl sites for hydroxylation is 1. The quantitative estimate of drug-likeness (QED) is 0.305. The van der Waals surface area contributed by atoms with E-state index in [-0.39, 0.29) is 19.0 Å². The van der Waals surface area contributed by atoms with Crippen molar-refractivity contribution in [3.63, 3.8) is 0 Å². The molecule has 0 aliphatic rings. The fraction of sp³-hybridized carbons (Fsp3) is 0.308. The predicted octanol–water partition coefficient (Wildman–Crippen LogP) is 6.91.